The number of halogens is 4. The number of alkyl halides is 3. The van der Waals surface area contributed by atoms with Crippen molar-refractivity contribution >= 4 is 35.8 Å². The Morgan fingerprint density at radius 1 is 1.12 bits per heavy atom. The summed E-state index contributed by atoms with van der Waals surface area (Å²) in [6.45, 7) is 1.37. The Labute approximate surface area is 161 Å². The molecule has 1 aromatic rings. The van der Waals surface area contributed by atoms with Gasteiger partial charge < -0.3 is 16.0 Å². The molecular weight excluding hydrogens is 448 g/mol. The molecule has 0 aliphatic heterocycles. The molecule has 0 atom stereocenters. The number of carbonyl (C=O) groups is 1. The Morgan fingerprint density at radius 3 is 2.24 bits per heavy atom. The summed E-state index contributed by atoms with van der Waals surface area (Å²) < 4.78 is 37.5. The number of aliphatic imine (C=N–C) groups is 1. The van der Waals surface area contributed by atoms with Crippen LogP contribution in [0.15, 0.2) is 29.3 Å². The molecule has 1 amide bonds. The Bertz CT molecular complexity index is 586. The molecule has 140 valence electrons. The van der Waals surface area contributed by atoms with Gasteiger partial charge in [0.1, 0.15) is 0 Å². The molecule has 3 N–H and O–H groups in total. The topological polar surface area (TPSA) is 65.5 Å². The van der Waals surface area contributed by atoms with Crippen molar-refractivity contribution in [1.82, 2.24) is 16.0 Å². The van der Waals surface area contributed by atoms with Gasteiger partial charge >= 0.3 is 6.18 Å². The van der Waals surface area contributed by atoms with E-state index in [1.165, 1.54) is 12.1 Å². The second-order valence-electron chi connectivity index (χ2n) is 5.61. The monoisotopic (exact) mass is 470 g/mol. The fraction of sp³-hybridized carbons (Fsp3) is 0.500. The fourth-order valence-electron chi connectivity index (χ4n) is 2.07. The largest absolute Gasteiger partial charge is 0.416 e. The van der Waals surface area contributed by atoms with Crippen LogP contribution in [0.3, 0.4) is 0 Å². The summed E-state index contributed by atoms with van der Waals surface area (Å²) >= 11 is 0. The molecule has 0 aromatic heterocycles. The summed E-state index contributed by atoms with van der Waals surface area (Å²) in [5.74, 6) is 0.794. The van der Waals surface area contributed by atoms with Crippen LogP contribution in [0.4, 0.5) is 13.2 Å². The molecule has 0 saturated heterocycles. The number of nitrogens with zero attached hydrogens (tertiary/aromatic N) is 1. The lowest BCUT2D eigenvalue weighted by atomic mass is 10.1. The van der Waals surface area contributed by atoms with Crippen LogP contribution < -0.4 is 16.0 Å². The highest BCUT2D eigenvalue weighted by atomic mass is 127. The molecule has 0 spiro atoms. The van der Waals surface area contributed by atoms with Gasteiger partial charge in [-0.25, -0.2) is 0 Å². The third-order valence-electron chi connectivity index (χ3n) is 3.63. The fourth-order valence-corrected chi connectivity index (χ4v) is 2.07. The lowest BCUT2D eigenvalue weighted by molar-refractivity contribution is -0.137. The first-order valence-corrected chi connectivity index (χ1v) is 7.78. The van der Waals surface area contributed by atoms with Crippen LogP contribution in [0.1, 0.15) is 24.0 Å². The molecule has 0 unspecified atom stereocenters. The third-order valence-corrected chi connectivity index (χ3v) is 3.63. The van der Waals surface area contributed by atoms with E-state index in [-0.39, 0.29) is 35.8 Å². The van der Waals surface area contributed by atoms with Crippen molar-refractivity contribution < 1.29 is 18.0 Å². The molecule has 1 aliphatic carbocycles. The van der Waals surface area contributed by atoms with Crippen molar-refractivity contribution in [3.05, 3.63) is 35.4 Å². The molecule has 25 heavy (non-hydrogen) atoms. The lowest BCUT2D eigenvalue weighted by Gasteiger charge is -2.13. The van der Waals surface area contributed by atoms with Gasteiger partial charge in [0.25, 0.3) is 0 Å². The maximum atomic E-state index is 12.5. The molecular formula is C16H22F3IN4O. The highest BCUT2D eigenvalue weighted by Crippen LogP contribution is 2.29. The van der Waals surface area contributed by atoms with E-state index in [0.717, 1.165) is 25.0 Å². The van der Waals surface area contributed by atoms with Crippen LogP contribution in [-0.2, 0) is 17.5 Å². The summed E-state index contributed by atoms with van der Waals surface area (Å²) in [5, 5.41) is 8.87. The number of benzene rings is 1. The third kappa shape index (κ3) is 7.49. The van der Waals surface area contributed by atoms with Gasteiger partial charge in [-0.3, -0.25) is 9.79 Å². The Hall–Kier alpha value is -1.52. The number of hydrogen-bond acceptors (Lipinski definition) is 2. The smallest absolute Gasteiger partial charge is 0.355 e. The van der Waals surface area contributed by atoms with E-state index in [2.05, 4.69) is 20.9 Å². The number of nitrogens with one attached hydrogen (secondary N) is 3. The van der Waals surface area contributed by atoms with Gasteiger partial charge in [0.05, 0.1) is 5.56 Å². The lowest BCUT2D eigenvalue weighted by Crippen LogP contribution is -2.41. The molecule has 1 aliphatic rings. The van der Waals surface area contributed by atoms with Gasteiger partial charge in [0, 0.05) is 32.6 Å². The van der Waals surface area contributed by atoms with Crippen molar-refractivity contribution in [3.63, 3.8) is 0 Å². The van der Waals surface area contributed by atoms with E-state index in [1.807, 2.05) is 0 Å². The highest BCUT2D eigenvalue weighted by Gasteiger charge is 2.30. The van der Waals surface area contributed by atoms with Crippen LogP contribution in [0, 0.1) is 5.92 Å². The highest BCUT2D eigenvalue weighted by molar-refractivity contribution is 14.0. The van der Waals surface area contributed by atoms with Crippen molar-refractivity contribution in [2.75, 3.05) is 20.1 Å². The van der Waals surface area contributed by atoms with Crippen molar-refractivity contribution in [2.24, 2.45) is 10.9 Å². The normalized spacial score (nSPS) is 14.5. The van der Waals surface area contributed by atoms with Crippen molar-refractivity contribution in [3.8, 4) is 0 Å². The molecule has 0 heterocycles. The first-order chi connectivity index (χ1) is 11.4. The standard InChI is InChI=1S/C16H21F3N4O.HI/c1-20-15(22-9-8-21-14(24)12-4-5-12)23-10-11-2-6-13(7-3-11)16(17,18)19;/h2-3,6-7,12H,4-5,8-10H2,1H3,(H,21,24)(H2,20,22,23);1H. The van der Waals surface area contributed by atoms with Gasteiger partial charge in [0.2, 0.25) is 5.91 Å². The minimum atomic E-state index is -4.32. The minimum absolute atomic E-state index is 0. The summed E-state index contributed by atoms with van der Waals surface area (Å²) in [4.78, 5) is 15.5. The van der Waals surface area contributed by atoms with Crippen LogP contribution in [-0.4, -0.2) is 32.0 Å². The van der Waals surface area contributed by atoms with E-state index < -0.39 is 11.7 Å². The average Bonchev–Trinajstić information content (AvgIpc) is 3.38. The van der Waals surface area contributed by atoms with Gasteiger partial charge in [-0.2, -0.15) is 13.2 Å². The quantitative estimate of drug-likeness (QED) is 0.259. The second kappa shape index (κ2) is 9.83. The predicted molar refractivity (Wildman–Crippen MR) is 101 cm³/mol. The van der Waals surface area contributed by atoms with E-state index in [9.17, 15) is 18.0 Å². The predicted octanol–water partition coefficient (Wildman–Crippen LogP) is 2.51. The van der Waals surface area contributed by atoms with Crippen LogP contribution >= 0.6 is 24.0 Å². The Balaban J connectivity index is 0.00000312. The molecule has 1 saturated carbocycles. The molecule has 0 radical (unpaired) electrons. The molecule has 1 fully saturated rings. The summed E-state index contributed by atoms with van der Waals surface area (Å²) in [5.41, 5.74) is 0.0492. The number of rotatable bonds is 6. The summed E-state index contributed by atoms with van der Waals surface area (Å²) in [6, 6.07) is 4.97. The van der Waals surface area contributed by atoms with E-state index in [1.54, 1.807) is 7.05 Å². The number of hydrogen-bond donors (Lipinski definition) is 3. The zero-order valence-electron chi connectivity index (χ0n) is 13.8. The van der Waals surface area contributed by atoms with Crippen molar-refractivity contribution in [2.45, 2.75) is 25.6 Å². The Morgan fingerprint density at radius 2 is 1.72 bits per heavy atom. The van der Waals surface area contributed by atoms with Gasteiger partial charge in [-0.05, 0) is 30.5 Å². The molecule has 2 rings (SSSR count). The van der Waals surface area contributed by atoms with Crippen LogP contribution in [0.25, 0.3) is 0 Å². The number of carbonyl (C=O) groups excluding carboxylic acids is 1. The van der Waals surface area contributed by atoms with E-state index in [4.69, 9.17) is 0 Å². The van der Waals surface area contributed by atoms with Gasteiger partial charge in [-0.15, -0.1) is 24.0 Å². The van der Waals surface area contributed by atoms with Gasteiger partial charge in [0.15, 0.2) is 5.96 Å². The summed E-state index contributed by atoms with van der Waals surface area (Å²) in [7, 11) is 1.60. The van der Waals surface area contributed by atoms with E-state index >= 15 is 0 Å². The van der Waals surface area contributed by atoms with Gasteiger partial charge in [-0.1, -0.05) is 12.1 Å². The molecule has 0 bridgehead atoms. The van der Waals surface area contributed by atoms with Crippen LogP contribution in [0.2, 0.25) is 0 Å². The Kier molecular flexibility index (Phi) is 8.46. The zero-order chi connectivity index (χ0) is 17.6. The first-order valence-electron chi connectivity index (χ1n) is 7.78. The zero-order valence-corrected chi connectivity index (χ0v) is 16.2. The second-order valence-corrected chi connectivity index (χ2v) is 5.61. The molecule has 9 heteroatoms. The molecule has 5 nitrogen and oxygen atoms in total. The van der Waals surface area contributed by atoms with Crippen LogP contribution in [0.5, 0.6) is 0 Å². The summed E-state index contributed by atoms with van der Waals surface area (Å²) in [6.07, 6.45) is -2.39. The average molecular weight is 470 g/mol. The maximum absolute atomic E-state index is 12.5. The van der Waals surface area contributed by atoms with Crippen molar-refractivity contribution in [1.29, 1.82) is 0 Å². The first kappa shape index (κ1) is 21.5. The van der Waals surface area contributed by atoms with E-state index in [0.29, 0.717) is 31.2 Å². The number of amides is 1. The maximum Gasteiger partial charge on any atom is 0.416 e. The SMILES string of the molecule is CN=C(NCCNC(=O)C1CC1)NCc1ccc(C(F)(F)F)cc1.I. The number of guanidine groups is 1. The molecule has 1 aromatic carbocycles. The minimum Gasteiger partial charge on any atom is -0.355 e.